The summed E-state index contributed by atoms with van der Waals surface area (Å²) >= 11 is 0. The van der Waals surface area contributed by atoms with E-state index < -0.39 is 12.2 Å². The molecule has 2 aromatic carbocycles. The first-order chi connectivity index (χ1) is 13.1. The number of benzene rings is 2. The lowest BCUT2D eigenvalue weighted by Gasteiger charge is -2.25. The van der Waals surface area contributed by atoms with Crippen molar-refractivity contribution < 1.29 is 19.7 Å². The molecule has 0 amide bonds. The van der Waals surface area contributed by atoms with Gasteiger partial charge in [-0.25, -0.2) is 0 Å². The van der Waals surface area contributed by atoms with Crippen LogP contribution in [-0.4, -0.2) is 62.2 Å². The normalized spacial score (nSPS) is 14.8. The van der Waals surface area contributed by atoms with Crippen LogP contribution in [0.5, 0.6) is 11.5 Å². The lowest BCUT2D eigenvalue weighted by atomic mass is 9.94. The molecule has 144 valence electrons. The number of rotatable bonds is 8. The molecule has 2 N–H and O–H groups in total. The molecule has 2 atom stereocenters. The van der Waals surface area contributed by atoms with Gasteiger partial charge in [0.25, 0.3) is 0 Å². The van der Waals surface area contributed by atoms with E-state index in [4.69, 9.17) is 9.47 Å². The number of ether oxygens (including phenoxy) is 2. The van der Waals surface area contributed by atoms with Gasteiger partial charge in [-0.2, -0.15) is 0 Å². The maximum Gasteiger partial charge on any atom is 0.124 e. The number of nitrogens with zero attached hydrogens (tertiary/aromatic N) is 2. The molecule has 2 aromatic rings. The van der Waals surface area contributed by atoms with Gasteiger partial charge in [-0.3, -0.25) is 9.98 Å². The topological polar surface area (TPSA) is 83.6 Å². The molecular weight excluding hydrogens is 344 g/mol. The molecule has 0 saturated carbocycles. The highest BCUT2D eigenvalue weighted by atomic mass is 16.5. The van der Waals surface area contributed by atoms with Crippen LogP contribution < -0.4 is 0 Å². The zero-order chi connectivity index (χ0) is 19.8. The molecule has 2 unspecified atom stereocenters. The van der Waals surface area contributed by atoms with E-state index in [0.29, 0.717) is 29.0 Å². The van der Waals surface area contributed by atoms with Crippen molar-refractivity contribution in [3.05, 3.63) is 59.7 Å². The first-order valence-electron chi connectivity index (χ1n) is 8.63. The summed E-state index contributed by atoms with van der Waals surface area (Å²) in [6, 6.07) is 14.0. The smallest absolute Gasteiger partial charge is 0.124 e. The number of phenolic OH excluding ortho intramolecular Hbond substituents is 2. The Hall–Kier alpha value is -2.70. The third kappa shape index (κ3) is 4.72. The summed E-state index contributed by atoms with van der Waals surface area (Å²) in [6.45, 7) is 0. The summed E-state index contributed by atoms with van der Waals surface area (Å²) in [7, 11) is 6.50. The van der Waals surface area contributed by atoms with Crippen molar-refractivity contribution in [2.45, 2.75) is 18.6 Å². The summed E-state index contributed by atoms with van der Waals surface area (Å²) in [6.07, 6.45) is -0.457. The molecule has 6 nitrogen and oxygen atoms in total. The Morgan fingerprint density at radius 2 is 1.15 bits per heavy atom. The largest absolute Gasteiger partial charge is 0.507 e. The van der Waals surface area contributed by atoms with E-state index in [2.05, 4.69) is 9.98 Å². The molecule has 2 rings (SSSR count). The predicted molar refractivity (Wildman–Crippen MR) is 107 cm³/mol. The minimum atomic E-state index is -0.434. The van der Waals surface area contributed by atoms with E-state index >= 15 is 0 Å². The fourth-order valence-corrected chi connectivity index (χ4v) is 3.09. The second-order valence-electron chi connectivity index (χ2n) is 5.94. The molecule has 0 saturated heterocycles. The molecule has 0 aliphatic carbocycles. The first kappa shape index (κ1) is 20.6. The van der Waals surface area contributed by atoms with Crippen LogP contribution in [0.15, 0.2) is 58.5 Å². The fourth-order valence-electron chi connectivity index (χ4n) is 3.09. The van der Waals surface area contributed by atoms with E-state index in [1.165, 1.54) is 0 Å². The Kier molecular flexibility index (Phi) is 7.52. The highest BCUT2D eigenvalue weighted by Gasteiger charge is 2.27. The molecule has 0 fully saturated rings. The highest BCUT2D eigenvalue weighted by Crippen LogP contribution is 2.25. The van der Waals surface area contributed by atoms with E-state index in [9.17, 15) is 10.2 Å². The number of phenols is 2. The van der Waals surface area contributed by atoms with Crippen LogP contribution in [0.3, 0.4) is 0 Å². The Morgan fingerprint density at radius 1 is 0.778 bits per heavy atom. The van der Waals surface area contributed by atoms with Gasteiger partial charge in [-0.05, 0) is 24.3 Å². The lowest BCUT2D eigenvalue weighted by Crippen LogP contribution is -2.34. The molecule has 0 radical (unpaired) electrons. The second-order valence-corrected chi connectivity index (χ2v) is 5.94. The molecule has 0 spiro atoms. The number of aromatic hydroxyl groups is 2. The van der Waals surface area contributed by atoms with Crippen molar-refractivity contribution in [3.8, 4) is 11.5 Å². The summed E-state index contributed by atoms with van der Waals surface area (Å²) in [5.41, 5.74) is 2.45. The maximum absolute atomic E-state index is 10.2. The van der Waals surface area contributed by atoms with Gasteiger partial charge in [0.15, 0.2) is 0 Å². The molecule has 0 aliphatic heterocycles. The summed E-state index contributed by atoms with van der Waals surface area (Å²) < 4.78 is 11.3. The van der Waals surface area contributed by atoms with Crippen LogP contribution in [0, 0.1) is 0 Å². The second kappa shape index (κ2) is 9.85. The maximum atomic E-state index is 10.2. The van der Waals surface area contributed by atoms with Gasteiger partial charge < -0.3 is 19.7 Å². The SMILES string of the molecule is CN=C(c1ccccc1O)C(CC(OC)C(=NC)c1ccccc1O)OC. The number of aliphatic imine (C=N–C) groups is 2. The van der Waals surface area contributed by atoms with E-state index in [1.807, 2.05) is 12.1 Å². The van der Waals surface area contributed by atoms with Gasteiger partial charge in [-0.1, -0.05) is 24.3 Å². The van der Waals surface area contributed by atoms with Crippen molar-refractivity contribution in [1.82, 2.24) is 0 Å². The monoisotopic (exact) mass is 370 g/mol. The molecular formula is C21H26N2O4. The quantitative estimate of drug-likeness (QED) is 0.700. The van der Waals surface area contributed by atoms with Gasteiger partial charge in [0.2, 0.25) is 0 Å². The lowest BCUT2D eigenvalue weighted by molar-refractivity contribution is 0.0830. The molecule has 6 heteroatoms. The average Bonchev–Trinajstić information content (AvgIpc) is 2.69. The Labute approximate surface area is 159 Å². The number of hydrogen-bond acceptors (Lipinski definition) is 6. The molecule has 0 aromatic heterocycles. The van der Waals surface area contributed by atoms with Gasteiger partial charge in [0.05, 0.1) is 11.4 Å². The van der Waals surface area contributed by atoms with Gasteiger partial charge in [-0.15, -0.1) is 0 Å². The van der Waals surface area contributed by atoms with Crippen molar-refractivity contribution in [2.24, 2.45) is 9.98 Å². The van der Waals surface area contributed by atoms with Crippen molar-refractivity contribution in [1.29, 1.82) is 0 Å². The minimum absolute atomic E-state index is 0.138. The third-order valence-electron chi connectivity index (χ3n) is 4.45. The van der Waals surface area contributed by atoms with Crippen LogP contribution in [0.4, 0.5) is 0 Å². The third-order valence-corrected chi connectivity index (χ3v) is 4.45. The zero-order valence-electron chi connectivity index (χ0n) is 16.1. The highest BCUT2D eigenvalue weighted by molar-refractivity contribution is 6.08. The van der Waals surface area contributed by atoms with Crippen molar-refractivity contribution >= 4 is 11.4 Å². The minimum Gasteiger partial charge on any atom is -0.507 e. The first-order valence-corrected chi connectivity index (χ1v) is 8.63. The average molecular weight is 370 g/mol. The molecule has 27 heavy (non-hydrogen) atoms. The van der Waals surface area contributed by atoms with Crippen molar-refractivity contribution in [3.63, 3.8) is 0 Å². The number of hydrogen-bond donors (Lipinski definition) is 2. The van der Waals surface area contributed by atoms with Gasteiger partial charge >= 0.3 is 0 Å². The zero-order valence-corrected chi connectivity index (χ0v) is 16.1. The van der Waals surface area contributed by atoms with E-state index in [-0.39, 0.29) is 11.5 Å². The summed E-state index contributed by atoms with van der Waals surface area (Å²) in [5.74, 6) is 0.276. The van der Waals surface area contributed by atoms with E-state index in [1.54, 1.807) is 64.7 Å². The van der Waals surface area contributed by atoms with Crippen LogP contribution in [0.25, 0.3) is 0 Å². The summed E-state index contributed by atoms with van der Waals surface area (Å²) in [5, 5.41) is 20.4. The van der Waals surface area contributed by atoms with Gasteiger partial charge in [0, 0.05) is 45.9 Å². The standard InChI is InChI=1S/C21H26N2O4/c1-22-20(14-9-5-7-11-16(14)24)18(26-3)13-19(27-4)21(23-2)15-10-6-8-12-17(15)25/h5-12,18-19,24-25H,13H2,1-4H3. The van der Waals surface area contributed by atoms with Crippen LogP contribution in [0.2, 0.25) is 0 Å². The van der Waals surface area contributed by atoms with Crippen LogP contribution >= 0.6 is 0 Å². The number of para-hydroxylation sites is 2. The molecule has 0 aliphatic rings. The number of methoxy groups -OCH3 is 2. The Bertz CT molecular complexity index is 750. The van der Waals surface area contributed by atoms with E-state index in [0.717, 1.165) is 0 Å². The van der Waals surface area contributed by atoms with Crippen LogP contribution in [-0.2, 0) is 9.47 Å². The fraction of sp³-hybridized carbons (Fsp3) is 0.333. The molecule has 0 heterocycles. The van der Waals surface area contributed by atoms with Crippen molar-refractivity contribution in [2.75, 3.05) is 28.3 Å². The Morgan fingerprint density at radius 3 is 1.44 bits per heavy atom. The van der Waals surface area contributed by atoms with Crippen LogP contribution in [0.1, 0.15) is 17.5 Å². The Balaban J connectivity index is 2.34. The molecule has 0 bridgehead atoms. The van der Waals surface area contributed by atoms with Gasteiger partial charge in [0.1, 0.15) is 23.7 Å². The summed E-state index contributed by atoms with van der Waals surface area (Å²) in [4.78, 5) is 8.68. The predicted octanol–water partition coefficient (Wildman–Crippen LogP) is 3.06.